The first-order valence-electron chi connectivity index (χ1n) is 6.69. The molecule has 0 aliphatic heterocycles. The summed E-state index contributed by atoms with van der Waals surface area (Å²) in [7, 11) is 1.37. The van der Waals surface area contributed by atoms with Crippen LogP contribution in [0.5, 0.6) is 5.75 Å². The molecule has 120 valence electrons. The topological polar surface area (TPSA) is 119 Å². The third kappa shape index (κ3) is 4.72. The lowest BCUT2D eigenvalue weighted by atomic mass is 10.1. The van der Waals surface area contributed by atoms with E-state index in [1.807, 2.05) is 0 Å². The number of carboxylic acid groups (broad SMARTS) is 1. The fourth-order valence-electron chi connectivity index (χ4n) is 1.91. The summed E-state index contributed by atoms with van der Waals surface area (Å²) in [5.74, 6) is -1.08. The molecule has 8 nitrogen and oxygen atoms in total. The first-order valence-corrected chi connectivity index (χ1v) is 6.69. The number of hydrogen-bond acceptors (Lipinski definition) is 5. The summed E-state index contributed by atoms with van der Waals surface area (Å²) < 4.78 is 5.05. The SMILES string of the molecule is COc1cc(C(=O)NCCCCC(=O)O)cc([N+](=O)[O-])c1C. The van der Waals surface area contributed by atoms with E-state index in [0.29, 0.717) is 24.9 Å². The summed E-state index contributed by atoms with van der Waals surface area (Å²) >= 11 is 0. The second-order valence-electron chi connectivity index (χ2n) is 4.69. The van der Waals surface area contributed by atoms with E-state index in [2.05, 4.69) is 5.32 Å². The summed E-state index contributed by atoms with van der Waals surface area (Å²) in [5.41, 5.74) is 0.299. The number of rotatable bonds is 8. The highest BCUT2D eigenvalue weighted by Gasteiger charge is 2.19. The number of nitro groups is 1. The molecule has 1 aromatic rings. The minimum atomic E-state index is -0.884. The molecule has 0 aliphatic carbocycles. The number of nitro benzene ring substituents is 1. The van der Waals surface area contributed by atoms with Gasteiger partial charge in [0.15, 0.2) is 0 Å². The lowest BCUT2D eigenvalue weighted by molar-refractivity contribution is -0.385. The van der Waals surface area contributed by atoms with Gasteiger partial charge in [-0.2, -0.15) is 0 Å². The Hall–Kier alpha value is -2.64. The molecule has 1 amide bonds. The Morgan fingerprint density at radius 3 is 2.59 bits per heavy atom. The number of unbranched alkanes of at least 4 members (excludes halogenated alkanes) is 1. The van der Waals surface area contributed by atoms with Gasteiger partial charge in [0.25, 0.3) is 11.6 Å². The van der Waals surface area contributed by atoms with Crippen LogP contribution in [0.15, 0.2) is 12.1 Å². The monoisotopic (exact) mass is 310 g/mol. The van der Waals surface area contributed by atoms with Crippen LogP contribution in [0.25, 0.3) is 0 Å². The molecule has 0 aliphatic rings. The van der Waals surface area contributed by atoms with Crippen LogP contribution in [-0.2, 0) is 4.79 Å². The van der Waals surface area contributed by atoms with Crippen molar-refractivity contribution in [3.8, 4) is 5.75 Å². The molecule has 22 heavy (non-hydrogen) atoms. The van der Waals surface area contributed by atoms with Crippen molar-refractivity contribution in [1.29, 1.82) is 0 Å². The van der Waals surface area contributed by atoms with Gasteiger partial charge in [0, 0.05) is 24.6 Å². The zero-order chi connectivity index (χ0) is 16.7. The van der Waals surface area contributed by atoms with E-state index < -0.39 is 16.8 Å². The highest BCUT2D eigenvalue weighted by Crippen LogP contribution is 2.29. The standard InChI is InChI=1S/C14H18N2O6/c1-9-11(16(20)21)7-10(8-12(9)22-2)14(19)15-6-4-3-5-13(17)18/h7-8H,3-6H2,1-2H3,(H,15,19)(H,17,18). The molecule has 1 aromatic carbocycles. The Bertz CT molecular complexity index is 585. The highest BCUT2D eigenvalue weighted by molar-refractivity contribution is 5.95. The van der Waals surface area contributed by atoms with E-state index in [9.17, 15) is 19.7 Å². The van der Waals surface area contributed by atoms with E-state index >= 15 is 0 Å². The minimum Gasteiger partial charge on any atom is -0.496 e. The molecule has 0 fully saturated rings. The van der Waals surface area contributed by atoms with Crippen molar-refractivity contribution in [2.24, 2.45) is 0 Å². The molecule has 0 saturated heterocycles. The maximum absolute atomic E-state index is 12.0. The molecule has 0 unspecified atom stereocenters. The van der Waals surface area contributed by atoms with Gasteiger partial charge in [-0.3, -0.25) is 19.7 Å². The third-order valence-electron chi connectivity index (χ3n) is 3.11. The van der Waals surface area contributed by atoms with Gasteiger partial charge in [-0.15, -0.1) is 0 Å². The number of hydrogen-bond donors (Lipinski definition) is 2. The van der Waals surface area contributed by atoms with Crippen LogP contribution < -0.4 is 10.1 Å². The van der Waals surface area contributed by atoms with Gasteiger partial charge in [0.1, 0.15) is 5.75 Å². The number of methoxy groups -OCH3 is 1. The van der Waals surface area contributed by atoms with E-state index in [1.54, 1.807) is 6.92 Å². The molecule has 0 spiro atoms. The average molecular weight is 310 g/mol. The molecule has 0 heterocycles. The number of carbonyl (C=O) groups excluding carboxylic acids is 1. The lowest BCUT2D eigenvalue weighted by Crippen LogP contribution is -2.24. The molecular formula is C14H18N2O6. The molecule has 0 aromatic heterocycles. The van der Waals surface area contributed by atoms with Crippen molar-refractivity contribution < 1.29 is 24.4 Å². The molecule has 0 radical (unpaired) electrons. The Morgan fingerprint density at radius 1 is 1.36 bits per heavy atom. The number of aliphatic carboxylic acids is 1. The van der Waals surface area contributed by atoms with E-state index in [4.69, 9.17) is 9.84 Å². The van der Waals surface area contributed by atoms with Gasteiger partial charge in [-0.25, -0.2) is 0 Å². The van der Waals surface area contributed by atoms with Crippen molar-refractivity contribution in [3.05, 3.63) is 33.4 Å². The Kier molecular flexibility index (Phi) is 6.30. The second kappa shape index (κ2) is 7.96. The van der Waals surface area contributed by atoms with Crippen LogP contribution in [0.2, 0.25) is 0 Å². The Morgan fingerprint density at radius 2 is 2.05 bits per heavy atom. The van der Waals surface area contributed by atoms with Crippen LogP contribution in [0.4, 0.5) is 5.69 Å². The summed E-state index contributed by atoms with van der Waals surface area (Å²) in [6, 6.07) is 2.64. The molecule has 8 heteroatoms. The van der Waals surface area contributed by atoms with Crippen LogP contribution in [0.3, 0.4) is 0 Å². The average Bonchev–Trinajstić information content (AvgIpc) is 2.46. The van der Waals surface area contributed by atoms with Gasteiger partial charge in [0.05, 0.1) is 17.6 Å². The number of amides is 1. The lowest BCUT2D eigenvalue weighted by Gasteiger charge is -2.09. The summed E-state index contributed by atoms with van der Waals surface area (Å²) in [6.07, 6.45) is 1.01. The van der Waals surface area contributed by atoms with Crippen molar-refractivity contribution in [1.82, 2.24) is 5.32 Å². The van der Waals surface area contributed by atoms with Crippen LogP contribution in [-0.4, -0.2) is 35.6 Å². The highest BCUT2D eigenvalue weighted by atomic mass is 16.6. The van der Waals surface area contributed by atoms with Gasteiger partial charge in [-0.1, -0.05) is 0 Å². The molecule has 0 atom stereocenters. The number of ether oxygens (including phenoxy) is 1. The quantitative estimate of drug-likeness (QED) is 0.430. The van der Waals surface area contributed by atoms with Crippen LogP contribution in [0.1, 0.15) is 35.2 Å². The predicted octanol–water partition coefficient (Wildman–Crippen LogP) is 1.90. The van der Waals surface area contributed by atoms with Gasteiger partial charge < -0.3 is 15.2 Å². The fourth-order valence-corrected chi connectivity index (χ4v) is 1.91. The van der Waals surface area contributed by atoms with E-state index in [-0.39, 0.29) is 23.4 Å². The van der Waals surface area contributed by atoms with E-state index in [0.717, 1.165) is 0 Å². The Balaban J connectivity index is 2.75. The third-order valence-corrected chi connectivity index (χ3v) is 3.11. The van der Waals surface area contributed by atoms with Gasteiger partial charge in [-0.05, 0) is 25.8 Å². The molecule has 0 bridgehead atoms. The summed E-state index contributed by atoms with van der Waals surface area (Å²) in [6.45, 7) is 1.85. The number of carboxylic acids is 1. The normalized spacial score (nSPS) is 10.1. The number of nitrogens with zero attached hydrogens (tertiary/aromatic N) is 1. The van der Waals surface area contributed by atoms with Crippen molar-refractivity contribution in [3.63, 3.8) is 0 Å². The minimum absolute atomic E-state index is 0.0414. The maximum atomic E-state index is 12.0. The predicted molar refractivity (Wildman–Crippen MR) is 78.2 cm³/mol. The first-order chi connectivity index (χ1) is 10.4. The fraction of sp³-hybridized carbons (Fsp3) is 0.429. The largest absolute Gasteiger partial charge is 0.496 e. The van der Waals surface area contributed by atoms with Crippen molar-refractivity contribution >= 4 is 17.6 Å². The zero-order valence-corrected chi connectivity index (χ0v) is 12.4. The molecule has 1 rings (SSSR count). The van der Waals surface area contributed by atoms with E-state index in [1.165, 1.54) is 19.2 Å². The number of nitrogens with one attached hydrogen (secondary N) is 1. The number of carbonyl (C=O) groups is 2. The zero-order valence-electron chi connectivity index (χ0n) is 12.4. The summed E-state index contributed by atoms with van der Waals surface area (Å²) in [5, 5.41) is 22.1. The maximum Gasteiger partial charge on any atom is 0.303 e. The smallest absolute Gasteiger partial charge is 0.303 e. The van der Waals surface area contributed by atoms with Crippen molar-refractivity contribution in [2.75, 3.05) is 13.7 Å². The van der Waals surface area contributed by atoms with Gasteiger partial charge >= 0.3 is 5.97 Å². The second-order valence-corrected chi connectivity index (χ2v) is 4.69. The first kappa shape index (κ1) is 17.4. The van der Waals surface area contributed by atoms with Crippen LogP contribution >= 0.6 is 0 Å². The molecule has 2 N–H and O–H groups in total. The summed E-state index contributed by atoms with van der Waals surface area (Å²) in [4.78, 5) is 32.8. The Labute approximate surface area is 127 Å². The van der Waals surface area contributed by atoms with Crippen molar-refractivity contribution in [2.45, 2.75) is 26.2 Å². The molecular weight excluding hydrogens is 292 g/mol. The van der Waals surface area contributed by atoms with Gasteiger partial charge in [0.2, 0.25) is 0 Å². The van der Waals surface area contributed by atoms with Crippen LogP contribution in [0, 0.1) is 17.0 Å². The number of benzene rings is 1. The molecule has 0 saturated carbocycles.